The standard InChI is InChI=1S/C24H32N4O5/c1-6-7-11-28-21(25)19(22(29)26-24(28)31)27(12-10-14(2)3)23(30)20-15(4)17-13-16(32-5)8-9-18(17)33-20/h8-9,13-14H,6-7,10-12,25H2,1-5H3,(H,26,29,31). The number of nitrogen functional groups attached to an aromatic ring is 1. The third-order valence-corrected chi connectivity index (χ3v) is 5.73. The van der Waals surface area contributed by atoms with E-state index in [1.165, 1.54) is 9.47 Å². The molecular weight excluding hydrogens is 424 g/mol. The first-order chi connectivity index (χ1) is 15.7. The van der Waals surface area contributed by atoms with E-state index in [9.17, 15) is 14.4 Å². The van der Waals surface area contributed by atoms with Gasteiger partial charge in [0.05, 0.1) is 7.11 Å². The van der Waals surface area contributed by atoms with Gasteiger partial charge in [0.25, 0.3) is 11.5 Å². The van der Waals surface area contributed by atoms with Crippen LogP contribution in [0.25, 0.3) is 11.0 Å². The number of fused-ring (bicyclic) bond motifs is 1. The zero-order valence-corrected chi connectivity index (χ0v) is 19.9. The number of furan rings is 1. The van der Waals surface area contributed by atoms with Crippen LogP contribution in [0.5, 0.6) is 5.75 Å². The SMILES string of the molecule is CCCCn1c(N)c(N(CCC(C)C)C(=O)c2oc3ccc(OC)cc3c2C)c(=O)[nH]c1=O. The highest BCUT2D eigenvalue weighted by Gasteiger charge is 2.29. The molecule has 9 nitrogen and oxygen atoms in total. The number of aromatic nitrogens is 2. The molecule has 2 aromatic heterocycles. The molecule has 0 aliphatic carbocycles. The van der Waals surface area contributed by atoms with Gasteiger partial charge in [-0.15, -0.1) is 0 Å². The Bertz CT molecular complexity index is 1270. The summed E-state index contributed by atoms with van der Waals surface area (Å²) in [6.45, 7) is 8.42. The normalized spacial score (nSPS) is 11.3. The van der Waals surface area contributed by atoms with Crippen LogP contribution >= 0.6 is 0 Å². The Hall–Kier alpha value is -3.49. The number of hydrogen-bond donors (Lipinski definition) is 2. The number of carbonyl (C=O) groups is 1. The van der Waals surface area contributed by atoms with Crippen molar-refractivity contribution < 1.29 is 13.9 Å². The van der Waals surface area contributed by atoms with Crippen LogP contribution in [0.15, 0.2) is 32.2 Å². The Morgan fingerprint density at radius 1 is 1.30 bits per heavy atom. The Balaban J connectivity index is 2.16. The maximum Gasteiger partial charge on any atom is 0.330 e. The van der Waals surface area contributed by atoms with Crippen molar-refractivity contribution in [1.29, 1.82) is 0 Å². The number of rotatable bonds is 9. The molecular formula is C24H32N4O5. The quantitative estimate of drug-likeness (QED) is 0.506. The number of nitrogens with one attached hydrogen (secondary N) is 1. The van der Waals surface area contributed by atoms with E-state index in [0.29, 0.717) is 36.3 Å². The van der Waals surface area contributed by atoms with Gasteiger partial charge >= 0.3 is 5.69 Å². The van der Waals surface area contributed by atoms with Crippen molar-refractivity contribution in [2.45, 2.75) is 53.5 Å². The number of ether oxygens (including phenoxy) is 1. The number of nitrogens with two attached hydrogens (primary N) is 1. The first-order valence-electron chi connectivity index (χ1n) is 11.2. The number of unbranched alkanes of at least 4 members (excludes halogenated alkanes) is 1. The Morgan fingerprint density at radius 2 is 2.03 bits per heavy atom. The number of hydrogen-bond acceptors (Lipinski definition) is 6. The highest BCUT2D eigenvalue weighted by Crippen LogP contribution is 2.31. The number of amides is 1. The number of anilines is 2. The zero-order valence-electron chi connectivity index (χ0n) is 19.9. The summed E-state index contributed by atoms with van der Waals surface area (Å²) in [5, 5.41) is 0.747. The lowest BCUT2D eigenvalue weighted by molar-refractivity contribution is 0.0960. The van der Waals surface area contributed by atoms with Gasteiger partial charge in [-0.1, -0.05) is 27.2 Å². The monoisotopic (exact) mass is 456 g/mol. The largest absolute Gasteiger partial charge is 0.497 e. The molecule has 0 aliphatic rings. The molecule has 3 N–H and O–H groups in total. The van der Waals surface area contributed by atoms with Crippen molar-refractivity contribution in [3.05, 3.63) is 50.4 Å². The van der Waals surface area contributed by atoms with Gasteiger partial charge in [0.15, 0.2) is 11.4 Å². The van der Waals surface area contributed by atoms with E-state index in [2.05, 4.69) is 4.98 Å². The van der Waals surface area contributed by atoms with E-state index < -0.39 is 17.2 Å². The molecule has 0 aliphatic heterocycles. The summed E-state index contributed by atoms with van der Waals surface area (Å²) < 4.78 is 12.5. The molecule has 1 amide bonds. The molecule has 1 aromatic carbocycles. The number of benzene rings is 1. The number of aryl methyl sites for hydroxylation is 1. The summed E-state index contributed by atoms with van der Waals surface area (Å²) in [5.74, 6) is 0.524. The van der Waals surface area contributed by atoms with Gasteiger partial charge in [-0.2, -0.15) is 0 Å². The van der Waals surface area contributed by atoms with Gasteiger partial charge in [0, 0.05) is 24.0 Å². The molecule has 0 saturated carbocycles. The van der Waals surface area contributed by atoms with E-state index in [1.807, 2.05) is 20.8 Å². The van der Waals surface area contributed by atoms with Crippen LogP contribution in [0.3, 0.4) is 0 Å². The number of H-pyrrole nitrogens is 1. The van der Waals surface area contributed by atoms with Gasteiger partial charge in [0.1, 0.15) is 17.2 Å². The zero-order chi connectivity index (χ0) is 24.3. The molecule has 2 heterocycles. The number of aromatic amines is 1. The third kappa shape index (κ3) is 4.81. The average Bonchev–Trinajstić information content (AvgIpc) is 3.10. The van der Waals surface area contributed by atoms with E-state index >= 15 is 0 Å². The summed E-state index contributed by atoms with van der Waals surface area (Å²) >= 11 is 0. The van der Waals surface area contributed by atoms with E-state index in [-0.39, 0.29) is 29.7 Å². The number of methoxy groups -OCH3 is 1. The van der Waals surface area contributed by atoms with Crippen LogP contribution in [0, 0.1) is 12.8 Å². The van der Waals surface area contributed by atoms with Crippen molar-refractivity contribution in [2.24, 2.45) is 5.92 Å². The predicted molar refractivity (Wildman–Crippen MR) is 129 cm³/mol. The van der Waals surface area contributed by atoms with Gasteiger partial charge in [-0.25, -0.2) is 4.79 Å². The smallest absolute Gasteiger partial charge is 0.330 e. The summed E-state index contributed by atoms with van der Waals surface area (Å²) in [6, 6.07) is 5.29. The molecule has 9 heteroatoms. The number of carbonyl (C=O) groups excluding carboxylic acids is 1. The lowest BCUT2D eigenvalue weighted by Gasteiger charge is -2.24. The number of nitrogens with zero attached hydrogens (tertiary/aromatic N) is 2. The second-order valence-corrected chi connectivity index (χ2v) is 8.56. The Kier molecular flexibility index (Phi) is 7.30. The van der Waals surface area contributed by atoms with Crippen molar-refractivity contribution in [2.75, 3.05) is 24.3 Å². The van der Waals surface area contributed by atoms with E-state index in [0.717, 1.165) is 11.8 Å². The maximum atomic E-state index is 13.7. The van der Waals surface area contributed by atoms with Crippen LogP contribution < -0.4 is 26.6 Å². The minimum absolute atomic E-state index is 0.0234. The lowest BCUT2D eigenvalue weighted by Crippen LogP contribution is -2.42. The fraction of sp³-hybridized carbons (Fsp3) is 0.458. The third-order valence-electron chi connectivity index (χ3n) is 5.73. The molecule has 0 saturated heterocycles. The van der Waals surface area contributed by atoms with Crippen molar-refractivity contribution in [1.82, 2.24) is 9.55 Å². The van der Waals surface area contributed by atoms with Gasteiger partial charge in [-0.05, 0) is 43.9 Å². The van der Waals surface area contributed by atoms with Crippen molar-refractivity contribution in [3.8, 4) is 5.75 Å². The van der Waals surface area contributed by atoms with Crippen molar-refractivity contribution >= 4 is 28.4 Å². The van der Waals surface area contributed by atoms with Gasteiger partial charge < -0.3 is 14.9 Å². The van der Waals surface area contributed by atoms with Gasteiger partial charge in [-0.3, -0.25) is 24.0 Å². The summed E-state index contributed by atoms with van der Waals surface area (Å²) in [6.07, 6.45) is 2.18. The second kappa shape index (κ2) is 9.97. The second-order valence-electron chi connectivity index (χ2n) is 8.56. The van der Waals surface area contributed by atoms with Gasteiger partial charge in [0.2, 0.25) is 0 Å². The van der Waals surface area contributed by atoms with E-state index in [1.54, 1.807) is 32.2 Å². The summed E-state index contributed by atoms with van der Waals surface area (Å²) in [7, 11) is 1.57. The van der Waals surface area contributed by atoms with Crippen molar-refractivity contribution in [3.63, 3.8) is 0 Å². The Labute approximate surface area is 192 Å². The molecule has 0 fully saturated rings. The van der Waals surface area contributed by atoms with Crippen LogP contribution in [0.2, 0.25) is 0 Å². The molecule has 0 bridgehead atoms. The average molecular weight is 457 g/mol. The molecule has 3 rings (SSSR count). The molecule has 0 atom stereocenters. The lowest BCUT2D eigenvalue weighted by atomic mass is 10.1. The fourth-order valence-corrected chi connectivity index (χ4v) is 3.73. The summed E-state index contributed by atoms with van der Waals surface area (Å²) in [5.41, 5.74) is 6.16. The Morgan fingerprint density at radius 3 is 2.67 bits per heavy atom. The summed E-state index contributed by atoms with van der Waals surface area (Å²) in [4.78, 5) is 42.6. The van der Waals surface area contributed by atoms with Crippen LogP contribution in [0.4, 0.5) is 11.5 Å². The molecule has 0 unspecified atom stereocenters. The highest BCUT2D eigenvalue weighted by atomic mass is 16.5. The fourth-order valence-electron chi connectivity index (χ4n) is 3.73. The van der Waals surface area contributed by atoms with E-state index in [4.69, 9.17) is 14.9 Å². The maximum absolute atomic E-state index is 13.7. The minimum Gasteiger partial charge on any atom is -0.497 e. The first kappa shape index (κ1) is 24.2. The molecule has 0 radical (unpaired) electrons. The predicted octanol–water partition coefficient (Wildman–Crippen LogP) is 3.68. The topological polar surface area (TPSA) is 124 Å². The highest BCUT2D eigenvalue weighted by molar-refractivity contribution is 6.09. The van der Waals surface area contributed by atoms with Crippen LogP contribution in [-0.2, 0) is 6.54 Å². The molecule has 33 heavy (non-hydrogen) atoms. The minimum atomic E-state index is -0.696. The molecule has 3 aromatic rings. The van der Waals surface area contributed by atoms with Crippen LogP contribution in [0.1, 0.15) is 56.2 Å². The molecule has 178 valence electrons. The first-order valence-corrected chi connectivity index (χ1v) is 11.2. The van der Waals surface area contributed by atoms with Crippen LogP contribution in [-0.4, -0.2) is 29.1 Å². The molecule has 0 spiro atoms.